The normalized spacial score (nSPS) is 21.3. The van der Waals surface area contributed by atoms with Crippen LogP contribution < -0.4 is 5.32 Å². The summed E-state index contributed by atoms with van der Waals surface area (Å²) >= 11 is 0. The van der Waals surface area contributed by atoms with Crippen molar-refractivity contribution in [3.63, 3.8) is 0 Å². The number of carbonyl (C=O) groups is 2. The SMILES string of the molecule is CCC(CC)N1C(=O)[C@H](CC(C)C)NC(=O)C12CCN(CCCCCc1ccccc1)CC2. The fourth-order valence-electron chi connectivity index (χ4n) is 5.76. The lowest BCUT2D eigenvalue weighted by Gasteiger charge is -2.54. The van der Waals surface area contributed by atoms with Crippen LogP contribution in [0.1, 0.15) is 84.6 Å². The van der Waals surface area contributed by atoms with Crippen LogP contribution in [0.15, 0.2) is 30.3 Å². The summed E-state index contributed by atoms with van der Waals surface area (Å²) in [6.07, 6.45) is 8.80. The molecule has 0 radical (unpaired) electrons. The zero-order valence-corrected chi connectivity index (χ0v) is 21.3. The zero-order chi connectivity index (χ0) is 23.8. The number of likely N-dealkylation sites (tertiary alicyclic amines) is 1. The molecule has 1 aromatic rings. The number of benzene rings is 1. The number of hydrogen-bond acceptors (Lipinski definition) is 3. The second-order valence-corrected chi connectivity index (χ2v) is 10.5. The van der Waals surface area contributed by atoms with Gasteiger partial charge in [0.25, 0.3) is 0 Å². The van der Waals surface area contributed by atoms with Crippen molar-refractivity contribution in [1.29, 1.82) is 0 Å². The van der Waals surface area contributed by atoms with E-state index in [0.717, 1.165) is 51.7 Å². The standard InChI is InChI=1S/C28H45N3O2/c1-5-24(6-2)31-26(32)25(21-22(3)4)29-27(33)28(31)16-19-30(20-17-28)18-12-8-11-15-23-13-9-7-10-14-23/h7,9-10,13-14,22,24-25H,5-6,8,11-12,15-21H2,1-4H3,(H,29,33)/t25-/m0/s1. The van der Waals surface area contributed by atoms with Gasteiger partial charge in [0.1, 0.15) is 11.6 Å². The van der Waals surface area contributed by atoms with E-state index in [-0.39, 0.29) is 23.9 Å². The molecule has 0 aliphatic carbocycles. The number of unbranched alkanes of at least 4 members (excludes halogenated alkanes) is 2. The van der Waals surface area contributed by atoms with Gasteiger partial charge in [-0.1, -0.05) is 64.4 Å². The third kappa shape index (κ3) is 6.17. The molecule has 33 heavy (non-hydrogen) atoms. The maximum absolute atomic E-state index is 13.6. The van der Waals surface area contributed by atoms with Crippen LogP contribution in [-0.4, -0.2) is 58.9 Å². The lowest BCUT2D eigenvalue weighted by molar-refractivity contribution is -0.166. The van der Waals surface area contributed by atoms with E-state index in [1.54, 1.807) is 0 Å². The summed E-state index contributed by atoms with van der Waals surface area (Å²) in [5, 5.41) is 3.13. The number of aryl methyl sites for hydroxylation is 1. The number of piperidine rings is 1. The van der Waals surface area contributed by atoms with Crippen LogP contribution in [0.25, 0.3) is 0 Å². The molecular weight excluding hydrogens is 410 g/mol. The Hall–Kier alpha value is -1.88. The highest BCUT2D eigenvalue weighted by molar-refractivity contribution is 6.00. The van der Waals surface area contributed by atoms with Gasteiger partial charge in [0.15, 0.2) is 0 Å². The maximum Gasteiger partial charge on any atom is 0.246 e. The molecule has 0 bridgehead atoms. The first-order valence-corrected chi connectivity index (χ1v) is 13.3. The summed E-state index contributed by atoms with van der Waals surface area (Å²) < 4.78 is 0. The molecular formula is C28H45N3O2. The first kappa shape index (κ1) is 25.7. The van der Waals surface area contributed by atoms with Gasteiger partial charge in [0.05, 0.1) is 0 Å². The molecule has 1 aromatic carbocycles. The van der Waals surface area contributed by atoms with Crippen molar-refractivity contribution in [2.75, 3.05) is 19.6 Å². The number of amides is 2. The second-order valence-electron chi connectivity index (χ2n) is 10.5. The average molecular weight is 456 g/mol. The Morgan fingerprint density at radius 2 is 1.67 bits per heavy atom. The molecule has 0 unspecified atom stereocenters. The number of nitrogens with zero attached hydrogens (tertiary/aromatic N) is 2. The molecule has 5 nitrogen and oxygen atoms in total. The first-order valence-electron chi connectivity index (χ1n) is 13.3. The van der Waals surface area contributed by atoms with Crippen LogP contribution >= 0.6 is 0 Å². The Balaban J connectivity index is 1.56. The Morgan fingerprint density at radius 1 is 1.00 bits per heavy atom. The Labute approximate surface area is 201 Å². The van der Waals surface area contributed by atoms with Gasteiger partial charge in [-0.3, -0.25) is 9.59 Å². The second kappa shape index (κ2) is 12.0. The molecule has 2 aliphatic rings. The van der Waals surface area contributed by atoms with Crippen LogP contribution in [0.4, 0.5) is 0 Å². The van der Waals surface area contributed by atoms with Gasteiger partial charge in [0, 0.05) is 19.1 Å². The topological polar surface area (TPSA) is 52.7 Å². The van der Waals surface area contributed by atoms with E-state index in [1.165, 1.54) is 24.8 Å². The number of rotatable bonds is 11. The van der Waals surface area contributed by atoms with E-state index in [0.29, 0.717) is 12.3 Å². The van der Waals surface area contributed by atoms with Crippen molar-refractivity contribution < 1.29 is 9.59 Å². The highest BCUT2D eigenvalue weighted by Crippen LogP contribution is 2.37. The number of hydrogen-bond donors (Lipinski definition) is 1. The van der Waals surface area contributed by atoms with Crippen LogP contribution in [0.5, 0.6) is 0 Å². The van der Waals surface area contributed by atoms with Gasteiger partial charge in [-0.25, -0.2) is 0 Å². The van der Waals surface area contributed by atoms with Crippen LogP contribution in [0.2, 0.25) is 0 Å². The van der Waals surface area contributed by atoms with E-state index in [2.05, 4.69) is 68.2 Å². The summed E-state index contributed by atoms with van der Waals surface area (Å²) in [7, 11) is 0. The van der Waals surface area contributed by atoms with Gasteiger partial charge in [-0.15, -0.1) is 0 Å². The van der Waals surface area contributed by atoms with Gasteiger partial charge < -0.3 is 15.1 Å². The monoisotopic (exact) mass is 455 g/mol. The minimum absolute atomic E-state index is 0.0853. The van der Waals surface area contributed by atoms with Crippen molar-refractivity contribution in [1.82, 2.24) is 15.1 Å². The van der Waals surface area contributed by atoms with Crippen LogP contribution in [0.3, 0.4) is 0 Å². The minimum atomic E-state index is -0.662. The first-order chi connectivity index (χ1) is 15.9. The lowest BCUT2D eigenvalue weighted by Crippen LogP contribution is -2.74. The Kier molecular flexibility index (Phi) is 9.37. The molecule has 2 fully saturated rings. The largest absolute Gasteiger partial charge is 0.342 e. The van der Waals surface area contributed by atoms with E-state index < -0.39 is 5.54 Å². The van der Waals surface area contributed by atoms with Crippen LogP contribution in [-0.2, 0) is 16.0 Å². The maximum atomic E-state index is 13.6. The quantitative estimate of drug-likeness (QED) is 0.488. The van der Waals surface area contributed by atoms with Crippen molar-refractivity contribution >= 4 is 11.8 Å². The summed E-state index contributed by atoms with van der Waals surface area (Å²) in [5.74, 6) is 0.606. The van der Waals surface area contributed by atoms with Crippen molar-refractivity contribution in [3.05, 3.63) is 35.9 Å². The molecule has 1 N–H and O–H groups in total. The fourth-order valence-corrected chi connectivity index (χ4v) is 5.76. The van der Waals surface area contributed by atoms with Gasteiger partial charge >= 0.3 is 0 Å². The van der Waals surface area contributed by atoms with Crippen LogP contribution in [0, 0.1) is 5.92 Å². The smallest absolute Gasteiger partial charge is 0.246 e. The summed E-state index contributed by atoms with van der Waals surface area (Å²) in [6, 6.07) is 10.5. The molecule has 2 heterocycles. The summed E-state index contributed by atoms with van der Waals surface area (Å²) in [5.41, 5.74) is 0.757. The molecule has 2 aliphatic heterocycles. The van der Waals surface area contributed by atoms with E-state index in [1.807, 2.05) is 4.90 Å². The molecule has 3 rings (SSSR count). The number of nitrogens with one attached hydrogen (secondary N) is 1. The molecule has 1 spiro atoms. The highest BCUT2D eigenvalue weighted by Gasteiger charge is 2.55. The predicted octanol–water partition coefficient (Wildman–Crippen LogP) is 4.80. The molecule has 2 amide bonds. The molecule has 2 saturated heterocycles. The van der Waals surface area contributed by atoms with Crippen molar-refractivity contribution in [2.45, 2.75) is 103 Å². The third-order valence-corrected chi connectivity index (χ3v) is 7.71. The summed E-state index contributed by atoms with van der Waals surface area (Å²) in [4.78, 5) is 31.6. The third-order valence-electron chi connectivity index (χ3n) is 7.71. The zero-order valence-electron chi connectivity index (χ0n) is 21.3. The molecule has 5 heteroatoms. The average Bonchev–Trinajstić information content (AvgIpc) is 2.81. The fraction of sp³-hybridized carbons (Fsp3) is 0.714. The summed E-state index contributed by atoms with van der Waals surface area (Å²) in [6.45, 7) is 11.4. The number of carbonyl (C=O) groups excluding carboxylic acids is 2. The molecule has 1 atom stereocenters. The molecule has 184 valence electrons. The van der Waals surface area contributed by atoms with Gasteiger partial charge in [0.2, 0.25) is 11.8 Å². The molecule has 0 saturated carbocycles. The minimum Gasteiger partial charge on any atom is -0.342 e. The van der Waals surface area contributed by atoms with Crippen molar-refractivity contribution in [3.8, 4) is 0 Å². The van der Waals surface area contributed by atoms with E-state index in [9.17, 15) is 9.59 Å². The van der Waals surface area contributed by atoms with E-state index >= 15 is 0 Å². The molecule has 0 aromatic heterocycles. The Morgan fingerprint density at radius 3 is 2.27 bits per heavy atom. The predicted molar refractivity (Wildman–Crippen MR) is 135 cm³/mol. The van der Waals surface area contributed by atoms with Crippen molar-refractivity contribution in [2.24, 2.45) is 5.92 Å². The highest BCUT2D eigenvalue weighted by atomic mass is 16.2. The Bertz CT molecular complexity index is 752. The number of piperazine rings is 1. The lowest BCUT2D eigenvalue weighted by atomic mass is 9.79. The van der Waals surface area contributed by atoms with E-state index in [4.69, 9.17) is 0 Å². The van der Waals surface area contributed by atoms with Gasteiger partial charge in [-0.2, -0.15) is 0 Å². The van der Waals surface area contributed by atoms with Gasteiger partial charge in [-0.05, 0) is 69.4 Å².